The Bertz CT molecular complexity index is 787. The molecule has 0 aliphatic heterocycles. The molecule has 0 saturated heterocycles. The molecule has 3 rings (SSSR count). The summed E-state index contributed by atoms with van der Waals surface area (Å²) in [5.41, 5.74) is 1.91. The first-order valence-corrected chi connectivity index (χ1v) is 6.05. The predicted octanol–water partition coefficient (Wildman–Crippen LogP) is 2.26. The second-order valence-corrected chi connectivity index (χ2v) is 4.13. The fourth-order valence-electron chi connectivity index (χ4n) is 1.91. The molecule has 0 aliphatic rings. The Morgan fingerprint density at radius 3 is 2.65 bits per heavy atom. The maximum atomic E-state index is 12.4. The van der Waals surface area contributed by atoms with Gasteiger partial charge in [0.05, 0.1) is 24.3 Å². The van der Waals surface area contributed by atoms with E-state index >= 15 is 0 Å². The molecule has 0 radical (unpaired) electrons. The van der Waals surface area contributed by atoms with Crippen LogP contribution in [0.2, 0.25) is 0 Å². The highest BCUT2D eigenvalue weighted by Gasteiger charge is 2.17. The van der Waals surface area contributed by atoms with Crippen molar-refractivity contribution in [2.45, 2.75) is 0 Å². The normalized spacial score (nSPS) is 10.4. The van der Waals surface area contributed by atoms with Gasteiger partial charge in [-0.05, 0) is 24.3 Å². The molecular formula is C15H11N3O2. The zero-order chi connectivity index (χ0) is 13.9. The average molecular weight is 265 g/mol. The lowest BCUT2D eigenvalue weighted by atomic mass is 10.2. The van der Waals surface area contributed by atoms with E-state index in [0.717, 1.165) is 5.52 Å². The standard InChI is InChI=1S/C15H11N3O2/c1-20-13-7-4-8-16-14(13)15(19)12-9-17-10-5-2-3-6-11(10)18-12/h2-9H,1H3. The summed E-state index contributed by atoms with van der Waals surface area (Å²) in [6, 6.07) is 10.8. The van der Waals surface area contributed by atoms with Gasteiger partial charge in [0.25, 0.3) is 0 Å². The number of benzene rings is 1. The van der Waals surface area contributed by atoms with E-state index in [1.165, 1.54) is 13.3 Å². The number of hydrogen-bond acceptors (Lipinski definition) is 5. The summed E-state index contributed by atoms with van der Waals surface area (Å²) >= 11 is 0. The lowest BCUT2D eigenvalue weighted by Crippen LogP contribution is -2.09. The Kier molecular flexibility index (Phi) is 3.09. The van der Waals surface area contributed by atoms with Crippen LogP contribution in [0.5, 0.6) is 5.75 Å². The van der Waals surface area contributed by atoms with Crippen molar-refractivity contribution in [2.75, 3.05) is 7.11 Å². The Labute approximate surface area is 115 Å². The summed E-state index contributed by atoms with van der Waals surface area (Å²) in [7, 11) is 1.50. The van der Waals surface area contributed by atoms with Crippen LogP contribution in [-0.2, 0) is 0 Å². The highest BCUT2D eigenvalue weighted by molar-refractivity contribution is 6.08. The third-order valence-corrected chi connectivity index (χ3v) is 2.89. The van der Waals surface area contributed by atoms with Crippen LogP contribution in [-0.4, -0.2) is 27.8 Å². The molecule has 0 bridgehead atoms. The van der Waals surface area contributed by atoms with Crippen LogP contribution in [0.15, 0.2) is 48.8 Å². The van der Waals surface area contributed by atoms with Gasteiger partial charge in [0, 0.05) is 6.20 Å². The third-order valence-electron chi connectivity index (χ3n) is 2.89. The minimum Gasteiger partial charge on any atom is -0.494 e. The molecule has 1 aromatic carbocycles. The molecule has 0 saturated carbocycles. The van der Waals surface area contributed by atoms with Gasteiger partial charge in [-0.25, -0.2) is 9.97 Å². The lowest BCUT2D eigenvalue weighted by Gasteiger charge is -2.05. The molecule has 0 spiro atoms. The van der Waals surface area contributed by atoms with Crippen LogP contribution in [0, 0.1) is 0 Å². The number of methoxy groups -OCH3 is 1. The molecule has 2 heterocycles. The first kappa shape index (κ1) is 12.2. The molecule has 98 valence electrons. The van der Waals surface area contributed by atoms with Crippen LogP contribution < -0.4 is 4.74 Å². The average Bonchev–Trinajstić information content (AvgIpc) is 2.53. The van der Waals surface area contributed by atoms with Crippen molar-refractivity contribution in [1.29, 1.82) is 0 Å². The SMILES string of the molecule is COc1cccnc1C(=O)c1cnc2ccccc2n1. The largest absolute Gasteiger partial charge is 0.494 e. The maximum Gasteiger partial charge on any atom is 0.235 e. The first-order valence-electron chi connectivity index (χ1n) is 6.05. The third kappa shape index (κ3) is 2.09. The van der Waals surface area contributed by atoms with E-state index in [0.29, 0.717) is 11.3 Å². The summed E-state index contributed by atoms with van der Waals surface area (Å²) in [4.78, 5) is 25.0. The van der Waals surface area contributed by atoms with Gasteiger partial charge in [0.2, 0.25) is 5.78 Å². The van der Waals surface area contributed by atoms with Gasteiger partial charge in [0.15, 0.2) is 5.69 Å². The fraction of sp³-hybridized carbons (Fsp3) is 0.0667. The van der Waals surface area contributed by atoms with Gasteiger partial charge in [-0.1, -0.05) is 12.1 Å². The molecule has 3 aromatic rings. The van der Waals surface area contributed by atoms with E-state index in [2.05, 4.69) is 15.0 Å². The number of nitrogens with zero attached hydrogens (tertiary/aromatic N) is 3. The van der Waals surface area contributed by atoms with E-state index in [1.54, 1.807) is 18.3 Å². The summed E-state index contributed by atoms with van der Waals surface area (Å²) in [6.07, 6.45) is 3.00. The number of fused-ring (bicyclic) bond motifs is 1. The van der Waals surface area contributed by atoms with Crippen molar-refractivity contribution in [2.24, 2.45) is 0 Å². The number of rotatable bonds is 3. The molecule has 0 atom stereocenters. The molecule has 0 unspecified atom stereocenters. The topological polar surface area (TPSA) is 65.0 Å². The van der Waals surface area contributed by atoms with Gasteiger partial charge in [-0.2, -0.15) is 0 Å². The molecule has 2 aromatic heterocycles. The summed E-state index contributed by atoms with van der Waals surface area (Å²) in [6.45, 7) is 0. The van der Waals surface area contributed by atoms with E-state index in [4.69, 9.17) is 4.74 Å². The van der Waals surface area contributed by atoms with Crippen molar-refractivity contribution >= 4 is 16.8 Å². The molecule has 0 amide bonds. The number of carbonyl (C=O) groups is 1. The molecule has 0 aliphatic carbocycles. The Morgan fingerprint density at radius 1 is 1.05 bits per heavy atom. The van der Waals surface area contributed by atoms with Crippen LogP contribution in [0.4, 0.5) is 0 Å². The highest BCUT2D eigenvalue weighted by Crippen LogP contribution is 2.18. The van der Waals surface area contributed by atoms with Crippen LogP contribution >= 0.6 is 0 Å². The smallest absolute Gasteiger partial charge is 0.235 e. The van der Waals surface area contributed by atoms with Crippen molar-refractivity contribution < 1.29 is 9.53 Å². The second-order valence-electron chi connectivity index (χ2n) is 4.13. The number of carbonyl (C=O) groups excluding carboxylic acids is 1. The monoisotopic (exact) mass is 265 g/mol. The van der Waals surface area contributed by atoms with Crippen LogP contribution in [0.3, 0.4) is 0 Å². The van der Waals surface area contributed by atoms with Crippen molar-refractivity contribution in [3.8, 4) is 5.75 Å². The molecule has 5 nitrogen and oxygen atoms in total. The molecular weight excluding hydrogens is 254 g/mol. The molecule has 0 N–H and O–H groups in total. The number of para-hydroxylation sites is 2. The minimum atomic E-state index is -0.305. The second kappa shape index (κ2) is 5.05. The summed E-state index contributed by atoms with van der Waals surface area (Å²) in [5.74, 6) is 0.119. The maximum absolute atomic E-state index is 12.4. The quantitative estimate of drug-likeness (QED) is 0.680. The van der Waals surface area contributed by atoms with E-state index in [-0.39, 0.29) is 17.2 Å². The van der Waals surface area contributed by atoms with Crippen molar-refractivity contribution in [1.82, 2.24) is 15.0 Å². The predicted molar refractivity (Wildman–Crippen MR) is 73.8 cm³/mol. The first-order chi connectivity index (χ1) is 9.79. The Morgan fingerprint density at radius 2 is 1.85 bits per heavy atom. The molecule has 5 heteroatoms. The number of ketones is 1. The summed E-state index contributed by atoms with van der Waals surface area (Å²) in [5, 5.41) is 0. The van der Waals surface area contributed by atoms with Gasteiger partial charge in [-0.15, -0.1) is 0 Å². The fourth-order valence-corrected chi connectivity index (χ4v) is 1.91. The van der Waals surface area contributed by atoms with Crippen LogP contribution in [0.25, 0.3) is 11.0 Å². The lowest BCUT2D eigenvalue weighted by molar-refractivity contribution is 0.102. The number of hydrogen-bond donors (Lipinski definition) is 0. The van der Waals surface area contributed by atoms with Crippen molar-refractivity contribution in [3.63, 3.8) is 0 Å². The number of pyridine rings is 1. The van der Waals surface area contributed by atoms with E-state index < -0.39 is 0 Å². The van der Waals surface area contributed by atoms with Crippen LogP contribution in [0.1, 0.15) is 16.2 Å². The number of ether oxygens (including phenoxy) is 1. The highest BCUT2D eigenvalue weighted by atomic mass is 16.5. The van der Waals surface area contributed by atoms with Gasteiger partial charge in [-0.3, -0.25) is 9.78 Å². The Balaban J connectivity index is 2.08. The van der Waals surface area contributed by atoms with E-state index in [9.17, 15) is 4.79 Å². The van der Waals surface area contributed by atoms with Gasteiger partial charge in [0.1, 0.15) is 11.4 Å². The zero-order valence-electron chi connectivity index (χ0n) is 10.8. The van der Waals surface area contributed by atoms with Gasteiger partial charge >= 0.3 is 0 Å². The minimum absolute atomic E-state index is 0.236. The van der Waals surface area contributed by atoms with Gasteiger partial charge < -0.3 is 4.74 Å². The Hall–Kier alpha value is -2.82. The molecule has 0 fully saturated rings. The van der Waals surface area contributed by atoms with E-state index in [1.807, 2.05) is 24.3 Å². The zero-order valence-corrected chi connectivity index (χ0v) is 10.8. The summed E-state index contributed by atoms with van der Waals surface area (Å²) < 4.78 is 5.14. The number of aromatic nitrogens is 3. The molecule has 20 heavy (non-hydrogen) atoms. The van der Waals surface area contributed by atoms with Crippen molar-refractivity contribution in [3.05, 3.63) is 60.2 Å².